The Morgan fingerprint density at radius 2 is 0.971 bits per heavy atom. The molecule has 5 nitrogen and oxygen atoms in total. The molecule has 0 unspecified atom stereocenters. The van der Waals surface area contributed by atoms with Crippen LogP contribution in [-0.4, -0.2) is 22.8 Å². The van der Waals surface area contributed by atoms with Gasteiger partial charge in [0.2, 0.25) is 0 Å². The number of nitrogens with zero attached hydrogens (tertiary/aromatic N) is 1. The topological polar surface area (TPSA) is 63.7 Å². The lowest BCUT2D eigenvalue weighted by molar-refractivity contribution is -0.205. The van der Waals surface area contributed by atoms with E-state index >= 15 is 0 Å². The SMILES string of the molecule is CCCCCCCCCCCC(C)(CCCCCCCCCCC)C(=O)ON1C(=O)CCC1=O. The van der Waals surface area contributed by atoms with Crippen LogP contribution in [-0.2, 0) is 19.2 Å². The molecule has 0 aliphatic carbocycles. The summed E-state index contributed by atoms with van der Waals surface area (Å²) in [5.41, 5.74) is -0.634. The first-order valence-electron chi connectivity index (χ1n) is 14.5. The molecule has 0 aromatic rings. The van der Waals surface area contributed by atoms with Gasteiger partial charge in [-0.2, -0.15) is 0 Å². The number of hydroxylamine groups is 2. The third kappa shape index (κ3) is 12.9. The van der Waals surface area contributed by atoms with E-state index < -0.39 is 23.2 Å². The molecule has 1 fully saturated rings. The van der Waals surface area contributed by atoms with Gasteiger partial charge >= 0.3 is 5.97 Å². The Balaban J connectivity index is 2.42. The van der Waals surface area contributed by atoms with Gasteiger partial charge in [-0.05, 0) is 19.8 Å². The number of hydrogen-bond acceptors (Lipinski definition) is 4. The minimum Gasteiger partial charge on any atom is -0.330 e. The van der Waals surface area contributed by atoms with Gasteiger partial charge in [0.1, 0.15) is 0 Å². The number of carbonyl (C=O) groups excluding carboxylic acids is 3. The average molecular weight is 480 g/mol. The summed E-state index contributed by atoms with van der Waals surface area (Å²) in [4.78, 5) is 42.3. The maximum atomic E-state index is 13.1. The zero-order valence-corrected chi connectivity index (χ0v) is 22.6. The largest absolute Gasteiger partial charge is 0.338 e. The third-order valence-corrected chi connectivity index (χ3v) is 7.34. The first-order chi connectivity index (χ1) is 16.4. The van der Waals surface area contributed by atoms with E-state index in [1.165, 1.54) is 89.9 Å². The molecule has 1 aliphatic rings. The van der Waals surface area contributed by atoms with Crippen molar-refractivity contribution in [2.75, 3.05) is 0 Å². The summed E-state index contributed by atoms with van der Waals surface area (Å²) < 4.78 is 0. The van der Waals surface area contributed by atoms with Crippen LogP contribution in [0.15, 0.2) is 0 Å². The molecule has 1 heterocycles. The van der Waals surface area contributed by atoms with Crippen LogP contribution in [0.5, 0.6) is 0 Å². The second kappa shape index (κ2) is 18.9. The third-order valence-electron chi connectivity index (χ3n) is 7.34. The molecule has 1 aliphatic heterocycles. The summed E-state index contributed by atoms with van der Waals surface area (Å²) in [7, 11) is 0. The van der Waals surface area contributed by atoms with Gasteiger partial charge < -0.3 is 4.84 Å². The van der Waals surface area contributed by atoms with Gasteiger partial charge in [-0.1, -0.05) is 129 Å². The number of rotatable bonds is 22. The lowest BCUT2D eigenvalue weighted by Gasteiger charge is -2.28. The van der Waals surface area contributed by atoms with Gasteiger partial charge in [0.15, 0.2) is 0 Å². The van der Waals surface area contributed by atoms with Crippen LogP contribution in [0.2, 0.25) is 0 Å². The van der Waals surface area contributed by atoms with Crippen LogP contribution < -0.4 is 0 Å². The Kier molecular flexibility index (Phi) is 17.0. The molecule has 0 saturated carbocycles. The molecule has 0 spiro atoms. The maximum absolute atomic E-state index is 13.1. The lowest BCUT2D eigenvalue weighted by atomic mass is 9.79. The van der Waals surface area contributed by atoms with E-state index in [9.17, 15) is 14.4 Å². The van der Waals surface area contributed by atoms with Crippen molar-refractivity contribution in [1.82, 2.24) is 5.06 Å². The summed E-state index contributed by atoms with van der Waals surface area (Å²) in [6.45, 7) is 6.45. The van der Waals surface area contributed by atoms with Crippen LogP contribution in [0.1, 0.15) is 162 Å². The normalized spacial score (nSPS) is 14.3. The molecule has 1 rings (SSSR count). The van der Waals surface area contributed by atoms with Crippen LogP contribution in [0.4, 0.5) is 0 Å². The Morgan fingerprint density at radius 3 is 1.32 bits per heavy atom. The van der Waals surface area contributed by atoms with Crippen LogP contribution >= 0.6 is 0 Å². The Labute approximate surface area is 209 Å². The number of unbranched alkanes of at least 4 members (excludes halogenated alkanes) is 16. The zero-order valence-electron chi connectivity index (χ0n) is 22.6. The first-order valence-corrected chi connectivity index (χ1v) is 14.5. The highest BCUT2D eigenvalue weighted by molar-refractivity contribution is 6.01. The molecule has 0 radical (unpaired) electrons. The van der Waals surface area contributed by atoms with Crippen LogP contribution in [0.25, 0.3) is 0 Å². The van der Waals surface area contributed by atoms with Crippen molar-refractivity contribution in [3.8, 4) is 0 Å². The van der Waals surface area contributed by atoms with Crippen LogP contribution in [0.3, 0.4) is 0 Å². The first kappa shape index (κ1) is 30.6. The van der Waals surface area contributed by atoms with Gasteiger partial charge in [0.05, 0.1) is 5.41 Å². The van der Waals surface area contributed by atoms with Gasteiger partial charge in [0.25, 0.3) is 11.8 Å². The van der Waals surface area contributed by atoms with Crippen molar-refractivity contribution in [2.24, 2.45) is 5.41 Å². The highest BCUT2D eigenvalue weighted by atomic mass is 16.7. The van der Waals surface area contributed by atoms with Crippen molar-refractivity contribution in [3.63, 3.8) is 0 Å². The molecular formula is C29H53NO4. The predicted molar refractivity (Wildman–Crippen MR) is 139 cm³/mol. The fourth-order valence-corrected chi connectivity index (χ4v) is 4.83. The summed E-state index contributed by atoms with van der Waals surface area (Å²) in [6.07, 6.45) is 24.1. The summed E-state index contributed by atoms with van der Waals surface area (Å²) in [5, 5.41) is 0.715. The van der Waals surface area contributed by atoms with Crippen molar-refractivity contribution in [2.45, 2.75) is 162 Å². The van der Waals surface area contributed by atoms with E-state index in [4.69, 9.17) is 4.84 Å². The fraction of sp³-hybridized carbons (Fsp3) is 0.897. The molecule has 0 N–H and O–H groups in total. The van der Waals surface area contributed by atoms with E-state index in [1.54, 1.807) is 0 Å². The highest BCUT2D eigenvalue weighted by Gasteiger charge is 2.40. The molecule has 0 atom stereocenters. The highest BCUT2D eigenvalue weighted by Crippen LogP contribution is 2.34. The molecule has 0 bridgehead atoms. The van der Waals surface area contributed by atoms with E-state index in [2.05, 4.69) is 13.8 Å². The lowest BCUT2D eigenvalue weighted by Crippen LogP contribution is -2.39. The summed E-state index contributed by atoms with van der Waals surface area (Å²) in [6, 6.07) is 0. The average Bonchev–Trinajstić information content (AvgIpc) is 3.14. The smallest absolute Gasteiger partial charge is 0.330 e. The van der Waals surface area contributed by atoms with Crippen molar-refractivity contribution < 1.29 is 19.2 Å². The van der Waals surface area contributed by atoms with E-state index in [1.807, 2.05) is 6.92 Å². The summed E-state index contributed by atoms with van der Waals surface area (Å²) >= 11 is 0. The van der Waals surface area contributed by atoms with Crippen molar-refractivity contribution >= 4 is 17.8 Å². The zero-order chi connectivity index (χ0) is 25.1. The molecule has 2 amide bonds. The number of carbonyl (C=O) groups is 3. The second-order valence-corrected chi connectivity index (χ2v) is 10.7. The molecule has 34 heavy (non-hydrogen) atoms. The van der Waals surface area contributed by atoms with Gasteiger partial charge in [0, 0.05) is 12.8 Å². The quantitative estimate of drug-likeness (QED) is 0.115. The number of imide groups is 1. The fourth-order valence-electron chi connectivity index (χ4n) is 4.83. The molecule has 5 heteroatoms. The Morgan fingerprint density at radius 1 is 0.647 bits per heavy atom. The molecule has 198 valence electrons. The molecule has 0 aromatic carbocycles. The maximum Gasteiger partial charge on any atom is 0.338 e. The molecule has 1 saturated heterocycles. The van der Waals surface area contributed by atoms with Crippen molar-refractivity contribution in [3.05, 3.63) is 0 Å². The van der Waals surface area contributed by atoms with Gasteiger partial charge in [-0.3, -0.25) is 9.59 Å². The van der Waals surface area contributed by atoms with Gasteiger partial charge in [-0.25, -0.2) is 4.79 Å². The van der Waals surface area contributed by atoms with Crippen molar-refractivity contribution in [1.29, 1.82) is 0 Å². The molecule has 0 aromatic heterocycles. The van der Waals surface area contributed by atoms with E-state index in [0.29, 0.717) is 5.06 Å². The number of amides is 2. The van der Waals surface area contributed by atoms with E-state index in [0.717, 1.165) is 38.5 Å². The second-order valence-electron chi connectivity index (χ2n) is 10.7. The van der Waals surface area contributed by atoms with Gasteiger partial charge in [-0.15, -0.1) is 5.06 Å². The number of hydrogen-bond donors (Lipinski definition) is 0. The Bertz CT molecular complexity index is 536. The minimum atomic E-state index is -0.634. The van der Waals surface area contributed by atoms with Crippen LogP contribution in [0, 0.1) is 5.41 Å². The van der Waals surface area contributed by atoms with E-state index in [-0.39, 0.29) is 12.8 Å². The monoisotopic (exact) mass is 479 g/mol. The predicted octanol–water partition coefficient (Wildman–Crippen LogP) is 8.44. The standard InChI is InChI=1S/C29H53NO4/c1-4-6-8-10-12-14-16-18-20-24-29(3,25-21-19-17-15-13-11-9-7-5-2)28(33)34-30-26(31)22-23-27(30)32/h4-25H2,1-3H3. The molecular weight excluding hydrogens is 426 g/mol. The Hall–Kier alpha value is -1.39. The summed E-state index contributed by atoms with van der Waals surface area (Å²) in [5.74, 6) is -1.20. The minimum absolute atomic E-state index is 0.138.